The van der Waals surface area contributed by atoms with Crippen LogP contribution >= 0.6 is 11.6 Å². The first-order valence-corrected chi connectivity index (χ1v) is 8.45. The summed E-state index contributed by atoms with van der Waals surface area (Å²) in [7, 11) is 3.64. The number of hydrogen-bond donors (Lipinski definition) is 3. The SMILES string of the molecule is CNC(=O)C[C@H]1CC[C@@H](CNC(=O)Cc2ccc(O)c(Cl)c2)N1C. The lowest BCUT2D eigenvalue weighted by atomic mass is 10.1. The topological polar surface area (TPSA) is 81.7 Å². The number of phenolic OH excluding ortho intramolecular Hbond substituents is 1. The van der Waals surface area contributed by atoms with Crippen molar-refractivity contribution in [3.63, 3.8) is 0 Å². The molecule has 3 N–H and O–H groups in total. The number of phenols is 1. The van der Waals surface area contributed by atoms with Crippen LogP contribution in [0.15, 0.2) is 18.2 Å². The van der Waals surface area contributed by atoms with Gasteiger partial charge in [0.25, 0.3) is 0 Å². The Morgan fingerprint density at radius 1 is 1.29 bits per heavy atom. The first kappa shape index (κ1) is 18.5. The maximum Gasteiger partial charge on any atom is 0.224 e. The molecule has 0 saturated carbocycles. The summed E-state index contributed by atoms with van der Waals surface area (Å²) in [6, 6.07) is 5.23. The van der Waals surface area contributed by atoms with Crippen molar-refractivity contribution in [1.82, 2.24) is 15.5 Å². The van der Waals surface area contributed by atoms with Crippen LogP contribution in [0.5, 0.6) is 5.75 Å². The maximum atomic E-state index is 12.1. The normalized spacial score (nSPS) is 20.8. The highest BCUT2D eigenvalue weighted by molar-refractivity contribution is 6.32. The first-order chi connectivity index (χ1) is 11.4. The van der Waals surface area contributed by atoms with E-state index >= 15 is 0 Å². The number of amides is 2. The molecule has 0 unspecified atom stereocenters. The summed E-state index contributed by atoms with van der Waals surface area (Å²) in [6.45, 7) is 0.561. The minimum absolute atomic E-state index is 0.00978. The molecule has 132 valence electrons. The van der Waals surface area contributed by atoms with Crippen LogP contribution in [0.3, 0.4) is 0 Å². The van der Waals surface area contributed by atoms with Gasteiger partial charge in [0.2, 0.25) is 11.8 Å². The Kier molecular flexibility index (Phi) is 6.45. The quantitative estimate of drug-likeness (QED) is 0.720. The molecule has 7 heteroatoms. The van der Waals surface area contributed by atoms with Crippen molar-refractivity contribution in [1.29, 1.82) is 0 Å². The predicted molar refractivity (Wildman–Crippen MR) is 93.1 cm³/mol. The van der Waals surface area contributed by atoms with Gasteiger partial charge >= 0.3 is 0 Å². The maximum absolute atomic E-state index is 12.1. The van der Waals surface area contributed by atoms with E-state index in [2.05, 4.69) is 15.5 Å². The molecule has 1 saturated heterocycles. The van der Waals surface area contributed by atoms with Crippen LogP contribution in [-0.2, 0) is 16.0 Å². The standard InChI is InChI=1S/C17H24ClN3O3/c1-19-16(23)9-12-4-5-13(21(12)2)10-20-17(24)8-11-3-6-15(22)14(18)7-11/h3,6-7,12-13,22H,4-5,8-10H2,1-2H3,(H,19,23)(H,20,24)/t12-,13+/m1/s1. The molecule has 0 spiro atoms. The van der Waals surface area contributed by atoms with Crippen LogP contribution in [-0.4, -0.2) is 54.5 Å². The van der Waals surface area contributed by atoms with Crippen molar-refractivity contribution in [2.24, 2.45) is 0 Å². The van der Waals surface area contributed by atoms with Gasteiger partial charge in [0.05, 0.1) is 11.4 Å². The number of aromatic hydroxyl groups is 1. The molecular weight excluding hydrogens is 330 g/mol. The van der Waals surface area contributed by atoms with Crippen molar-refractivity contribution in [2.75, 3.05) is 20.6 Å². The van der Waals surface area contributed by atoms with Gasteiger partial charge in [0.15, 0.2) is 0 Å². The van der Waals surface area contributed by atoms with Crippen molar-refractivity contribution < 1.29 is 14.7 Å². The second kappa shape index (κ2) is 8.35. The van der Waals surface area contributed by atoms with E-state index < -0.39 is 0 Å². The second-order valence-corrected chi connectivity index (χ2v) is 6.60. The van der Waals surface area contributed by atoms with Crippen molar-refractivity contribution in [2.45, 2.75) is 37.8 Å². The van der Waals surface area contributed by atoms with Gasteiger partial charge in [0, 0.05) is 32.1 Å². The van der Waals surface area contributed by atoms with E-state index in [9.17, 15) is 14.7 Å². The van der Waals surface area contributed by atoms with Crippen LogP contribution in [0.1, 0.15) is 24.8 Å². The van der Waals surface area contributed by atoms with E-state index in [4.69, 9.17) is 11.6 Å². The molecule has 1 aliphatic rings. The monoisotopic (exact) mass is 353 g/mol. The molecule has 1 aromatic rings. The molecule has 1 aromatic carbocycles. The Bertz CT molecular complexity index is 609. The number of halogens is 1. The molecule has 2 atom stereocenters. The zero-order valence-electron chi connectivity index (χ0n) is 14.0. The van der Waals surface area contributed by atoms with Crippen molar-refractivity contribution in [3.05, 3.63) is 28.8 Å². The van der Waals surface area contributed by atoms with E-state index in [0.29, 0.717) is 13.0 Å². The molecular formula is C17H24ClN3O3. The van der Waals surface area contributed by atoms with Crippen LogP contribution in [0.4, 0.5) is 0 Å². The molecule has 1 heterocycles. The molecule has 0 aliphatic carbocycles. The Hall–Kier alpha value is -1.79. The molecule has 1 aliphatic heterocycles. The fourth-order valence-corrected chi connectivity index (χ4v) is 3.24. The number of hydrogen-bond acceptors (Lipinski definition) is 4. The Balaban J connectivity index is 1.79. The summed E-state index contributed by atoms with van der Waals surface area (Å²) in [5.74, 6) is -0.0313. The number of nitrogens with one attached hydrogen (secondary N) is 2. The highest BCUT2D eigenvalue weighted by Gasteiger charge is 2.31. The van der Waals surface area contributed by atoms with Gasteiger partial charge in [-0.1, -0.05) is 17.7 Å². The number of carbonyl (C=O) groups is 2. The third-order valence-corrected chi connectivity index (χ3v) is 4.90. The molecule has 2 rings (SSSR count). The Morgan fingerprint density at radius 2 is 2.00 bits per heavy atom. The molecule has 0 aromatic heterocycles. The summed E-state index contributed by atoms with van der Waals surface area (Å²) in [5, 5.41) is 15.2. The first-order valence-electron chi connectivity index (χ1n) is 8.07. The summed E-state index contributed by atoms with van der Waals surface area (Å²) in [6.07, 6.45) is 2.63. The van der Waals surface area contributed by atoms with E-state index in [1.165, 1.54) is 6.07 Å². The van der Waals surface area contributed by atoms with E-state index in [0.717, 1.165) is 18.4 Å². The Morgan fingerprint density at radius 3 is 2.67 bits per heavy atom. The number of rotatable bonds is 6. The predicted octanol–water partition coefficient (Wildman–Crippen LogP) is 1.30. The zero-order chi connectivity index (χ0) is 17.7. The summed E-state index contributed by atoms with van der Waals surface area (Å²) >= 11 is 5.85. The van der Waals surface area contributed by atoms with Crippen LogP contribution in [0, 0.1) is 0 Å². The van der Waals surface area contributed by atoms with Gasteiger partial charge in [-0.05, 0) is 37.6 Å². The molecule has 6 nitrogen and oxygen atoms in total. The van der Waals surface area contributed by atoms with E-state index in [1.54, 1.807) is 19.2 Å². The number of likely N-dealkylation sites (N-methyl/N-ethyl adjacent to an activating group) is 1. The smallest absolute Gasteiger partial charge is 0.224 e. The minimum Gasteiger partial charge on any atom is -0.506 e. The number of benzene rings is 1. The fourth-order valence-electron chi connectivity index (χ4n) is 3.04. The van der Waals surface area contributed by atoms with Gasteiger partial charge in [-0.25, -0.2) is 0 Å². The lowest BCUT2D eigenvalue weighted by Crippen LogP contribution is -2.42. The van der Waals surface area contributed by atoms with Crippen LogP contribution in [0.2, 0.25) is 5.02 Å². The summed E-state index contributed by atoms with van der Waals surface area (Å²) < 4.78 is 0. The summed E-state index contributed by atoms with van der Waals surface area (Å²) in [4.78, 5) is 25.8. The van der Waals surface area contributed by atoms with Gasteiger partial charge < -0.3 is 15.7 Å². The number of nitrogens with zero attached hydrogens (tertiary/aromatic N) is 1. The average molecular weight is 354 g/mol. The third-order valence-electron chi connectivity index (χ3n) is 4.60. The van der Waals surface area contributed by atoms with Crippen molar-refractivity contribution in [3.8, 4) is 5.75 Å². The second-order valence-electron chi connectivity index (χ2n) is 6.19. The van der Waals surface area contributed by atoms with E-state index in [-0.39, 0.29) is 41.1 Å². The average Bonchev–Trinajstić information content (AvgIpc) is 2.89. The zero-order valence-corrected chi connectivity index (χ0v) is 14.8. The fraction of sp³-hybridized carbons (Fsp3) is 0.529. The van der Waals surface area contributed by atoms with Gasteiger partial charge in [-0.15, -0.1) is 0 Å². The largest absolute Gasteiger partial charge is 0.506 e. The number of carbonyl (C=O) groups excluding carboxylic acids is 2. The van der Waals surface area contributed by atoms with Gasteiger partial charge in [-0.3, -0.25) is 14.5 Å². The van der Waals surface area contributed by atoms with Gasteiger partial charge in [0.1, 0.15) is 5.75 Å². The molecule has 0 radical (unpaired) electrons. The highest BCUT2D eigenvalue weighted by atomic mass is 35.5. The lowest BCUT2D eigenvalue weighted by Gasteiger charge is -2.25. The molecule has 0 bridgehead atoms. The highest BCUT2D eigenvalue weighted by Crippen LogP contribution is 2.25. The summed E-state index contributed by atoms with van der Waals surface area (Å²) in [5.41, 5.74) is 0.757. The van der Waals surface area contributed by atoms with Crippen LogP contribution < -0.4 is 10.6 Å². The number of likely N-dealkylation sites (tertiary alicyclic amines) is 1. The lowest BCUT2D eigenvalue weighted by molar-refractivity contribution is -0.122. The Labute approximate surface area is 147 Å². The molecule has 1 fully saturated rings. The van der Waals surface area contributed by atoms with Crippen LogP contribution in [0.25, 0.3) is 0 Å². The molecule has 24 heavy (non-hydrogen) atoms. The van der Waals surface area contributed by atoms with Crippen molar-refractivity contribution >= 4 is 23.4 Å². The van der Waals surface area contributed by atoms with E-state index in [1.807, 2.05) is 7.05 Å². The minimum atomic E-state index is -0.0834. The third kappa shape index (κ3) is 4.85. The van der Waals surface area contributed by atoms with Gasteiger partial charge in [-0.2, -0.15) is 0 Å². The molecule has 2 amide bonds.